The van der Waals surface area contributed by atoms with Gasteiger partial charge in [0, 0.05) is 63.9 Å². The summed E-state index contributed by atoms with van der Waals surface area (Å²) < 4.78 is 17.9. The van der Waals surface area contributed by atoms with E-state index < -0.39 is 0 Å². The lowest BCUT2D eigenvalue weighted by molar-refractivity contribution is 0.667. The molecular weight excluding hydrogens is 731 g/mol. The maximum atomic E-state index is 6.56. The highest BCUT2D eigenvalue weighted by Gasteiger charge is 2.22. The molecule has 5 nitrogen and oxygen atoms in total. The standard InChI is InChI=1S/C52H29N3O2S/c1-2-12-30(13-3-1)49-51-50(36-16-6-9-21-42(36)57-51)54-52(53-49)37-18-10-22-44-47(37)38-28-31(24-26-43(38)56-44)33-17-11-23-46-48(33)39-29-32(25-27-45(39)58-46)55-40-19-7-4-14-34(40)35-15-5-8-20-41(35)55/h1-29H. The van der Waals surface area contributed by atoms with Gasteiger partial charge in [0.05, 0.1) is 11.0 Å². The lowest BCUT2D eigenvalue weighted by Crippen LogP contribution is -1.94. The van der Waals surface area contributed by atoms with Crippen molar-refractivity contribution < 1.29 is 8.83 Å². The molecule has 58 heavy (non-hydrogen) atoms. The molecular formula is C52H29N3O2S. The smallest absolute Gasteiger partial charge is 0.180 e. The summed E-state index contributed by atoms with van der Waals surface area (Å²) >= 11 is 1.84. The Balaban J connectivity index is 1.03. The summed E-state index contributed by atoms with van der Waals surface area (Å²) in [5.41, 5.74) is 12.4. The van der Waals surface area contributed by atoms with Crippen LogP contribution in [-0.2, 0) is 0 Å². The van der Waals surface area contributed by atoms with Crippen molar-refractivity contribution >= 4 is 97.3 Å². The van der Waals surface area contributed by atoms with Crippen LogP contribution in [0, 0.1) is 0 Å². The number of para-hydroxylation sites is 3. The van der Waals surface area contributed by atoms with Crippen LogP contribution in [0.4, 0.5) is 0 Å². The number of benzene rings is 8. The molecule has 0 amide bonds. The van der Waals surface area contributed by atoms with E-state index in [1.165, 1.54) is 47.5 Å². The van der Waals surface area contributed by atoms with Gasteiger partial charge >= 0.3 is 0 Å². The molecule has 13 rings (SSSR count). The van der Waals surface area contributed by atoms with Crippen molar-refractivity contribution in [3.63, 3.8) is 0 Å². The van der Waals surface area contributed by atoms with Crippen LogP contribution in [0.1, 0.15) is 0 Å². The van der Waals surface area contributed by atoms with Crippen molar-refractivity contribution in [1.82, 2.24) is 14.5 Å². The minimum atomic E-state index is 0.625. The highest BCUT2D eigenvalue weighted by atomic mass is 32.1. The van der Waals surface area contributed by atoms with Crippen LogP contribution in [0.15, 0.2) is 185 Å². The molecule has 0 radical (unpaired) electrons. The lowest BCUT2D eigenvalue weighted by atomic mass is 9.97. The van der Waals surface area contributed by atoms with Gasteiger partial charge in [0.15, 0.2) is 11.4 Å². The summed E-state index contributed by atoms with van der Waals surface area (Å²) in [7, 11) is 0. The fourth-order valence-electron chi connectivity index (χ4n) is 9.08. The van der Waals surface area contributed by atoms with Crippen LogP contribution in [0.25, 0.3) is 125 Å². The molecule has 5 heterocycles. The Labute approximate surface area is 334 Å². The maximum absolute atomic E-state index is 6.56. The van der Waals surface area contributed by atoms with E-state index in [-0.39, 0.29) is 0 Å². The van der Waals surface area contributed by atoms with Crippen LogP contribution in [0.5, 0.6) is 0 Å². The van der Waals surface area contributed by atoms with Crippen molar-refractivity contribution in [1.29, 1.82) is 0 Å². The first kappa shape index (κ1) is 31.6. The number of fused-ring (bicyclic) bond motifs is 12. The van der Waals surface area contributed by atoms with Crippen molar-refractivity contribution in [2.24, 2.45) is 0 Å². The Kier molecular flexibility index (Phi) is 6.54. The zero-order valence-corrected chi connectivity index (χ0v) is 31.6. The third-order valence-corrected chi connectivity index (χ3v) is 12.8. The Bertz CT molecular complexity index is 3760. The van der Waals surface area contributed by atoms with Crippen molar-refractivity contribution in [3.8, 4) is 39.5 Å². The Morgan fingerprint density at radius 3 is 1.98 bits per heavy atom. The van der Waals surface area contributed by atoms with E-state index in [1.54, 1.807) is 0 Å². The number of hydrogen-bond acceptors (Lipinski definition) is 5. The maximum Gasteiger partial charge on any atom is 0.180 e. The molecule has 270 valence electrons. The van der Waals surface area contributed by atoms with Gasteiger partial charge < -0.3 is 13.4 Å². The van der Waals surface area contributed by atoms with Gasteiger partial charge in [-0.15, -0.1) is 11.3 Å². The molecule has 0 atom stereocenters. The molecule has 0 aliphatic carbocycles. The summed E-state index contributed by atoms with van der Waals surface area (Å²) in [4.78, 5) is 10.5. The number of thiophene rings is 1. The Hall–Kier alpha value is -7.54. The number of hydrogen-bond donors (Lipinski definition) is 0. The first-order chi connectivity index (χ1) is 28.7. The molecule has 0 N–H and O–H groups in total. The van der Waals surface area contributed by atoms with E-state index in [2.05, 4.69) is 132 Å². The topological polar surface area (TPSA) is 57.0 Å². The quantitative estimate of drug-likeness (QED) is 0.179. The van der Waals surface area contributed by atoms with Crippen LogP contribution < -0.4 is 0 Å². The molecule has 0 saturated carbocycles. The monoisotopic (exact) mass is 759 g/mol. The van der Waals surface area contributed by atoms with Gasteiger partial charge in [-0.25, -0.2) is 9.97 Å². The Morgan fingerprint density at radius 2 is 1.14 bits per heavy atom. The molecule has 0 bridgehead atoms. The third-order valence-electron chi connectivity index (χ3n) is 11.6. The van der Waals surface area contributed by atoms with Crippen LogP contribution in [0.3, 0.4) is 0 Å². The summed E-state index contributed by atoms with van der Waals surface area (Å²) in [5.74, 6) is 0.625. The van der Waals surface area contributed by atoms with Crippen LogP contribution in [-0.4, -0.2) is 14.5 Å². The summed E-state index contributed by atoms with van der Waals surface area (Å²) in [6.07, 6.45) is 0. The minimum absolute atomic E-state index is 0.625. The van der Waals surface area contributed by atoms with Crippen molar-refractivity contribution in [3.05, 3.63) is 176 Å². The molecule has 0 aliphatic heterocycles. The number of rotatable bonds is 4. The fourth-order valence-corrected chi connectivity index (χ4v) is 10.2. The van der Waals surface area contributed by atoms with Crippen LogP contribution >= 0.6 is 11.3 Å². The minimum Gasteiger partial charge on any atom is -0.456 e. The third kappa shape index (κ3) is 4.52. The van der Waals surface area contributed by atoms with E-state index in [0.29, 0.717) is 11.4 Å². The second kappa shape index (κ2) is 12.0. The average molecular weight is 760 g/mol. The lowest BCUT2D eigenvalue weighted by Gasteiger charge is -2.10. The first-order valence-corrected chi connectivity index (χ1v) is 20.2. The summed E-state index contributed by atoms with van der Waals surface area (Å²) in [5, 5.41) is 7.99. The zero-order chi connectivity index (χ0) is 37.9. The molecule has 0 saturated heterocycles. The zero-order valence-electron chi connectivity index (χ0n) is 30.8. The highest BCUT2D eigenvalue weighted by Crippen LogP contribution is 2.45. The SMILES string of the molecule is c1ccc(-c2nc(-c3cccc4oc5ccc(-c6cccc7sc8ccc(-n9c%10ccccc%10c%10ccccc%109)cc8c67)cc5c34)nc3c2oc2ccccc23)cc1. The molecule has 13 aromatic rings. The molecule has 0 aliphatic rings. The predicted molar refractivity (Wildman–Crippen MR) is 240 cm³/mol. The van der Waals surface area contributed by atoms with Gasteiger partial charge in [-0.2, -0.15) is 0 Å². The number of furan rings is 2. The van der Waals surface area contributed by atoms with Gasteiger partial charge in [0.2, 0.25) is 0 Å². The molecule has 0 unspecified atom stereocenters. The van der Waals surface area contributed by atoms with Gasteiger partial charge in [-0.05, 0) is 77.9 Å². The van der Waals surface area contributed by atoms with E-state index in [1.807, 2.05) is 59.9 Å². The average Bonchev–Trinajstić information content (AvgIpc) is 4.05. The van der Waals surface area contributed by atoms with E-state index in [0.717, 1.165) is 66.5 Å². The summed E-state index contributed by atoms with van der Waals surface area (Å²) in [6.45, 7) is 0. The van der Waals surface area contributed by atoms with E-state index >= 15 is 0 Å². The van der Waals surface area contributed by atoms with Gasteiger partial charge in [0.1, 0.15) is 28.0 Å². The second-order valence-electron chi connectivity index (χ2n) is 14.9. The van der Waals surface area contributed by atoms with Gasteiger partial charge in [-0.1, -0.05) is 109 Å². The largest absolute Gasteiger partial charge is 0.456 e. The van der Waals surface area contributed by atoms with Crippen molar-refractivity contribution in [2.45, 2.75) is 0 Å². The van der Waals surface area contributed by atoms with E-state index in [4.69, 9.17) is 18.8 Å². The van der Waals surface area contributed by atoms with Gasteiger partial charge in [0.25, 0.3) is 0 Å². The molecule has 8 aromatic carbocycles. The normalized spacial score (nSPS) is 12.1. The summed E-state index contributed by atoms with van der Waals surface area (Å²) in [6, 6.07) is 62.0. The molecule has 0 fully saturated rings. The number of aromatic nitrogens is 3. The van der Waals surface area contributed by atoms with E-state index in [9.17, 15) is 0 Å². The fraction of sp³-hybridized carbons (Fsp3) is 0. The van der Waals surface area contributed by atoms with Gasteiger partial charge in [-0.3, -0.25) is 0 Å². The molecule has 5 aromatic heterocycles. The predicted octanol–water partition coefficient (Wildman–Crippen LogP) is 14.7. The second-order valence-corrected chi connectivity index (χ2v) is 15.9. The first-order valence-electron chi connectivity index (χ1n) is 19.4. The van der Waals surface area contributed by atoms with Crippen molar-refractivity contribution in [2.75, 3.05) is 0 Å². The number of nitrogens with zero attached hydrogens (tertiary/aromatic N) is 3. The molecule has 6 heteroatoms. The molecule has 0 spiro atoms. The Morgan fingerprint density at radius 1 is 0.431 bits per heavy atom. The van der Waals surface area contributed by atoms with Crippen LogP contribution in [0.2, 0.25) is 0 Å². The highest BCUT2D eigenvalue weighted by molar-refractivity contribution is 7.26.